The zero-order valence-electron chi connectivity index (χ0n) is 11.2. The highest BCUT2D eigenvalue weighted by molar-refractivity contribution is 5.85. The first-order chi connectivity index (χ1) is 8.16. The number of nitrogens with two attached hydrogens (primary N) is 1. The molecule has 1 aliphatic heterocycles. The van der Waals surface area contributed by atoms with Crippen LogP contribution in [-0.2, 0) is 4.79 Å². The molecule has 18 heavy (non-hydrogen) atoms. The van der Waals surface area contributed by atoms with Crippen molar-refractivity contribution in [3.8, 4) is 0 Å². The van der Waals surface area contributed by atoms with E-state index in [0.29, 0.717) is 6.04 Å². The summed E-state index contributed by atoms with van der Waals surface area (Å²) in [6, 6.07) is 0.772. The van der Waals surface area contributed by atoms with Gasteiger partial charge in [0, 0.05) is 25.2 Å². The zero-order chi connectivity index (χ0) is 12.3. The average Bonchev–Trinajstić information content (AvgIpc) is 2.83. The summed E-state index contributed by atoms with van der Waals surface area (Å²) in [7, 11) is 0. The molecule has 0 aromatic heterocycles. The van der Waals surface area contributed by atoms with Gasteiger partial charge in [0.2, 0.25) is 5.91 Å². The summed E-state index contributed by atoms with van der Waals surface area (Å²) in [6.45, 7) is 4.01. The Hall–Kier alpha value is -0.320. The minimum absolute atomic E-state index is 0. The van der Waals surface area contributed by atoms with Crippen LogP contribution in [0.2, 0.25) is 0 Å². The highest BCUT2D eigenvalue weighted by Crippen LogP contribution is 2.26. The summed E-state index contributed by atoms with van der Waals surface area (Å²) in [5.74, 6) is -0.00989. The Labute approximate surface area is 116 Å². The Morgan fingerprint density at radius 1 is 1.22 bits per heavy atom. The minimum Gasteiger partial charge on any atom is -0.352 e. The van der Waals surface area contributed by atoms with Crippen LogP contribution in [-0.4, -0.2) is 42.0 Å². The van der Waals surface area contributed by atoms with Crippen LogP contribution in [0.3, 0.4) is 0 Å². The molecule has 1 atom stereocenters. The van der Waals surface area contributed by atoms with Gasteiger partial charge < -0.3 is 16.0 Å². The van der Waals surface area contributed by atoms with Gasteiger partial charge in [-0.25, -0.2) is 0 Å². The molecular weight excluding hydrogens is 250 g/mol. The Bertz CT molecular complexity index is 259. The third kappa shape index (κ3) is 4.11. The Kier molecular flexibility index (Phi) is 6.39. The van der Waals surface area contributed by atoms with Crippen LogP contribution < -0.4 is 11.1 Å². The van der Waals surface area contributed by atoms with Crippen molar-refractivity contribution in [1.29, 1.82) is 0 Å². The number of hydrogen-bond donors (Lipinski definition) is 2. The minimum atomic E-state index is -0.386. The van der Waals surface area contributed by atoms with Crippen LogP contribution >= 0.6 is 12.4 Å². The smallest absolute Gasteiger partial charge is 0.236 e. The molecule has 1 saturated heterocycles. The van der Waals surface area contributed by atoms with Crippen LogP contribution in [0.4, 0.5) is 0 Å². The second-order valence-electron chi connectivity index (χ2n) is 5.55. The third-order valence-electron chi connectivity index (χ3n) is 4.13. The van der Waals surface area contributed by atoms with Crippen LogP contribution in [0.15, 0.2) is 0 Å². The van der Waals surface area contributed by atoms with E-state index in [-0.39, 0.29) is 24.4 Å². The molecule has 1 unspecified atom stereocenters. The molecule has 2 rings (SSSR count). The topological polar surface area (TPSA) is 58.4 Å². The van der Waals surface area contributed by atoms with Crippen LogP contribution in [0.5, 0.6) is 0 Å². The fourth-order valence-corrected chi connectivity index (χ4v) is 3.01. The van der Waals surface area contributed by atoms with Gasteiger partial charge in [0.15, 0.2) is 0 Å². The summed E-state index contributed by atoms with van der Waals surface area (Å²) in [5, 5.41) is 3.04. The maximum Gasteiger partial charge on any atom is 0.236 e. The maximum absolute atomic E-state index is 11.5. The lowest BCUT2D eigenvalue weighted by Gasteiger charge is -2.36. The van der Waals surface area contributed by atoms with Crippen molar-refractivity contribution in [3.05, 3.63) is 0 Å². The van der Waals surface area contributed by atoms with E-state index >= 15 is 0 Å². The summed E-state index contributed by atoms with van der Waals surface area (Å²) in [6.07, 6.45) is 7.69. The first-order valence-electron chi connectivity index (χ1n) is 6.97. The fraction of sp³-hybridized carbons (Fsp3) is 0.923. The first-order valence-corrected chi connectivity index (χ1v) is 6.97. The number of nitrogens with zero attached hydrogens (tertiary/aromatic N) is 1. The summed E-state index contributed by atoms with van der Waals surface area (Å²) in [5.41, 5.74) is 5.56. The molecule has 106 valence electrons. The molecule has 0 radical (unpaired) electrons. The number of piperidine rings is 1. The van der Waals surface area contributed by atoms with Gasteiger partial charge in [0.25, 0.3) is 0 Å². The van der Waals surface area contributed by atoms with Crippen molar-refractivity contribution in [3.63, 3.8) is 0 Å². The van der Waals surface area contributed by atoms with E-state index in [4.69, 9.17) is 5.73 Å². The largest absolute Gasteiger partial charge is 0.352 e. The predicted octanol–water partition coefficient (Wildman–Crippen LogP) is 1.28. The zero-order valence-corrected chi connectivity index (χ0v) is 12.0. The van der Waals surface area contributed by atoms with Gasteiger partial charge >= 0.3 is 0 Å². The predicted molar refractivity (Wildman–Crippen MR) is 75.9 cm³/mol. The van der Waals surface area contributed by atoms with Crippen molar-refractivity contribution in [2.75, 3.05) is 13.1 Å². The number of nitrogens with one attached hydrogen (secondary N) is 1. The van der Waals surface area contributed by atoms with Gasteiger partial charge in [-0.3, -0.25) is 4.79 Å². The molecule has 0 spiro atoms. The van der Waals surface area contributed by atoms with Crippen LogP contribution in [0.1, 0.15) is 45.4 Å². The number of rotatable bonds is 3. The molecule has 1 aliphatic carbocycles. The number of carbonyl (C=O) groups excluding carboxylic acids is 1. The maximum atomic E-state index is 11.5. The van der Waals surface area contributed by atoms with Crippen molar-refractivity contribution in [2.24, 2.45) is 5.73 Å². The lowest BCUT2D eigenvalue weighted by Crippen LogP contribution is -2.50. The molecule has 1 saturated carbocycles. The SMILES string of the molecule is CC(N)C(=O)NC1CCN(C2CCCC2)CC1.Cl. The molecule has 2 aliphatic rings. The van der Waals surface area contributed by atoms with Gasteiger partial charge in [-0.15, -0.1) is 12.4 Å². The van der Waals surface area contributed by atoms with E-state index in [0.717, 1.165) is 32.0 Å². The van der Waals surface area contributed by atoms with E-state index in [2.05, 4.69) is 10.2 Å². The summed E-state index contributed by atoms with van der Waals surface area (Å²) >= 11 is 0. The highest BCUT2D eigenvalue weighted by Gasteiger charge is 2.27. The van der Waals surface area contributed by atoms with Crippen molar-refractivity contribution in [1.82, 2.24) is 10.2 Å². The molecule has 1 amide bonds. The van der Waals surface area contributed by atoms with Crippen molar-refractivity contribution in [2.45, 2.75) is 63.6 Å². The number of carbonyl (C=O) groups is 1. The standard InChI is InChI=1S/C13H25N3O.ClH/c1-10(14)13(17)15-11-6-8-16(9-7-11)12-4-2-3-5-12;/h10-12H,2-9,14H2,1H3,(H,15,17);1H. The number of hydrogen-bond acceptors (Lipinski definition) is 3. The molecule has 0 bridgehead atoms. The van der Waals surface area contributed by atoms with Crippen LogP contribution in [0.25, 0.3) is 0 Å². The molecule has 1 heterocycles. The number of likely N-dealkylation sites (tertiary alicyclic amines) is 1. The van der Waals surface area contributed by atoms with E-state index in [1.807, 2.05) is 0 Å². The Morgan fingerprint density at radius 3 is 2.28 bits per heavy atom. The van der Waals surface area contributed by atoms with Gasteiger partial charge in [0.05, 0.1) is 6.04 Å². The highest BCUT2D eigenvalue weighted by atomic mass is 35.5. The third-order valence-corrected chi connectivity index (χ3v) is 4.13. The quantitative estimate of drug-likeness (QED) is 0.816. The van der Waals surface area contributed by atoms with E-state index in [1.54, 1.807) is 6.92 Å². The van der Waals surface area contributed by atoms with E-state index < -0.39 is 0 Å². The lowest BCUT2D eigenvalue weighted by molar-refractivity contribution is -0.123. The molecule has 0 aromatic rings. The van der Waals surface area contributed by atoms with Gasteiger partial charge in [-0.2, -0.15) is 0 Å². The Morgan fingerprint density at radius 2 is 1.78 bits per heavy atom. The molecule has 2 fully saturated rings. The van der Waals surface area contributed by atoms with E-state index in [9.17, 15) is 4.79 Å². The molecular formula is C13H26ClN3O. The molecule has 5 heteroatoms. The lowest BCUT2D eigenvalue weighted by atomic mass is 10.0. The number of halogens is 1. The first kappa shape index (κ1) is 15.7. The number of amides is 1. The van der Waals surface area contributed by atoms with Crippen molar-refractivity contribution >= 4 is 18.3 Å². The summed E-state index contributed by atoms with van der Waals surface area (Å²) in [4.78, 5) is 14.1. The fourth-order valence-electron chi connectivity index (χ4n) is 3.01. The molecule has 4 nitrogen and oxygen atoms in total. The van der Waals surface area contributed by atoms with Gasteiger partial charge in [-0.05, 0) is 32.6 Å². The normalized spacial score (nSPS) is 24.6. The second-order valence-corrected chi connectivity index (χ2v) is 5.55. The average molecular weight is 276 g/mol. The van der Waals surface area contributed by atoms with Crippen LogP contribution in [0, 0.1) is 0 Å². The Balaban J connectivity index is 0.00000162. The molecule has 0 aromatic carbocycles. The van der Waals surface area contributed by atoms with Crippen molar-refractivity contribution < 1.29 is 4.79 Å². The summed E-state index contributed by atoms with van der Waals surface area (Å²) < 4.78 is 0. The molecule has 3 N–H and O–H groups in total. The van der Waals surface area contributed by atoms with Gasteiger partial charge in [0.1, 0.15) is 0 Å². The second kappa shape index (κ2) is 7.31. The monoisotopic (exact) mass is 275 g/mol. The van der Waals surface area contributed by atoms with E-state index in [1.165, 1.54) is 25.7 Å². The van der Waals surface area contributed by atoms with Gasteiger partial charge in [-0.1, -0.05) is 12.8 Å².